The van der Waals surface area contributed by atoms with Crippen LogP contribution >= 0.6 is 0 Å². The number of piperazine rings is 1. The van der Waals surface area contributed by atoms with Crippen molar-refractivity contribution in [3.63, 3.8) is 0 Å². The van der Waals surface area contributed by atoms with Crippen LogP contribution in [0.15, 0.2) is 24.3 Å². The van der Waals surface area contributed by atoms with E-state index in [1.807, 2.05) is 17.0 Å². The van der Waals surface area contributed by atoms with E-state index < -0.39 is 0 Å². The van der Waals surface area contributed by atoms with Gasteiger partial charge >= 0.3 is 0 Å². The number of benzene rings is 1. The zero-order chi connectivity index (χ0) is 13.8. The lowest BCUT2D eigenvalue weighted by molar-refractivity contribution is -0.130. The highest BCUT2D eigenvalue weighted by atomic mass is 16.2. The molecule has 1 heterocycles. The highest BCUT2D eigenvalue weighted by molar-refractivity contribution is 5.73. The van der Waals surface area contributed by atoms with Crippen LogP contribution in [0.4, 0.5) is 0 Å². The van der Waals surface area contributed by atoms with Gasteiger partial charge in [-0.25, -0.2) is 0 Å². The highest BCUT2D eigenvalue weighted by Crippen LogP contribution is 2.17. The van der Waals surface area contributed by atoms with Crippen LogP contribution in [0.25, 0.3) is 0 Å². The minimum Gasteiger partial charge on any atom is -0.340 e. The number of amides is 1. The van der Waals surface area contributed by atoms with Gasteiger partial charge in [0.15, 0.2) is 0 Å². The molecule has 1 aromatic carbocycles. The van der Waals surface area contributed by atoms with Gasteiger partial charge in [0.05, 0.1) is 0 Å². The van der Waals surface area contributed by atoms with Crippen LogP contribution in [0.2, 0.25) is 0 Å². The molecule has 0 spiro atoms. The summed E-state index contributed by atoms with van der Waals surface area (Å²) in [7, 11) is 0. The molecule has 4 nitrogen and oxygen atoms in total. The molecule has 1 aliphatic heterocycles. The molecule has 1 unspecified atom stereocenters. The summed E-state index contributed by atoms with van der Waals surface area (Å²) < 4.78 is 0. The minimum absolute atomic E-state index is 0.0464. The van der Waals surface area contributed by atoms with Crippen molar-refractivity contribution in [1.29, 1.82) is 0 Å². The van der Waals surface area contributed by atoms with Gasteiger partial charge in [-0.1, -0.05) is 24.3 Å². The smallest absolute Gasteiger partial charge is 0.219 e. The fourth-order valence-corrected chi connectivity index (χ4v) is 2.62. The van der Waals surface area contributed by atoms with Gasteiger partial charge < -0.3 is 10.6 Å². The monoisotopic (exact) mass is 261 g/mol. The van der Waals surface area contributed by atoms with E-state index in [0.717, 1.165) is 32.7 Å². The molecule has 2 rings (SSSR count). The molecule has 0 bridgehead atoms. The van der Waals surface area contributed by atoms with Crippen molar-refractivity contribution in [2.24, 2.45) is 5.73 Å². The molecule has 19 heavy (non-hydrogen) atoms. The summed E-state index contributed by atoms with van der Waals surface area (Å²) in [6.07, 6.45) is 0. The number of rotatable bonds is 3. The molecular formula is C15H23N3O. The maximum Gasteiger partial charge on any atom is 0.219 e. The topological polar surface area (TPSA) is 49.6 Å². The van der Waals surface area contributed by atoms with E-state index in [1.54, 1.807) is 6.92 Å². The van der Waals surface area contributed by atoms with E-state index in [9.17, 15) is 4.79 Å². The predicted molar refractivity (Wildman–Crippen MR) is 76.8 cm³/mol. The Morgan fingerprint density at radius 3 is 2.47 bits per heavy atom. The number of aryl methyl sites for hydroxylation is 1. The number of nitrogens with two attached hydrogens (primary N) is 1. The van der Waals surface area contributed by atoms with Crippen molar-refractivity contribution in [2.45, 2.75) is 19.9 Å². The van der Waals surface area contributed by atoms with Crippen molar-refractivity contribution < 1.29 is 4.79 Å². The van der Waals surface area contributed by atoms with Crippen LogP contribution in [0.1, 0.15) is 24.1 Å². The van der Waals surface area contributed by atoms with Crippen LogP contribution in [0.5, 0.6) is 0 Å². The zero-order valence-corrected chi connectivity index (χ0v) is 11.8. The highest BCUT2D eigenvalue weighted by Gasteiger charge is 2.20. The van der Waals surface area contributed by atoms with E-state index in [4.69, 9.17) is 5.73 Å². The summed E-state index contributed by atoms with van der Waals surface area (Å²) in [5, 5.41) is 0. The first-order valence-corrected chi connectivity index (χ1v) is 6.87. The summed E-state index contributed by atoms with van der Waals surface area (Å²) >= 11 is 0. The third-order valence-electron chi connectivity index (χ3n) is 3.86. The van der Waals surface area contributed by atoms with Crippen molar-refractivity contribution in [3.05, 3.63) is 35.4 Å². The number of hydrogen-bond donors (Lipinski definition) is 1. The van der Waals surface area contributed by atoms with Crippen LogP contribution in [0, 0.1) is 6.92 Å². The van der Waals surface area contributed by atoms with E-state index in [-0.39, 0.29) is 11.9 Å². The summed E-state index contributed by atoms with van der Waals surface area (Å²) in [5.41, 5.74) is 8.77. The Hall–Kier alpha value is -1.39. The Bertz CT molecular complexity index is 439. The average molecular weight is 261 g/mol. The molecule has 0 aromatic heterocycles. The first-order valence-electron chi connectivity index (χ1n) is 6.87. The molecule has 104 valence electrons. The van der Waals surface area contributed by atoms with Crippen molar-refractivity contribution in [1.82, 2.24) is 9.80 Å². The van der Waals surface area contributed by atoms with Gasteiger partial charge in [-0.3, -0.25) is 9.69 Å². The van der Waals surface area contributed by atoms with E-state index in [1.165, 1.54) is 11.1 Å². The SMILES string of the molecule is CC(=O)N1CCN(CC(N)c2ccccc2C)CC1. The molecule has 0 radical (unpaired) electrons. The lowest BCUT2D eigenvalue weighted by Gasteiger charge is -2.35. The van der Waals surface area contributed by atoms with Gasteiger partial charge in [0.25, 0.3) is 0 Å². The number of nitrogens with zero attached hydrogens (tertiary/aromatic N) is 2. The first kappa shape index (κ1) is 14.0. The van der Waals surface area contributed by atoms with Gasteiger partial charge in [0.2, 0.25) is 5.91 Å². The van der Waals surface area contributed by atoms with Crippen LogP contribution < -0.4 is 5.73 Å². The Labute approximate surface area is 115 Å². The van der Waals surface area contributed by atoms with Crippen molar-refractivity contribution in [3.8, 4) is 0 Å². The molecule has 1 atom stereocenters. The van der Waals surface area contributed by atoms with E-state index in [2.05, 4.69) is 24.0 Å². The van der Waals surface area contributed by atoms with Crippen molar-refractivity contribution in [2.75, 3.05) is 32.7 Å². The zero-order valence-electron chi connectivity index (χ0n) is 11.8. The molecule has 1 amide bonds. The maximum absolute atomic E-state index is 11.3. The van der Waals surface area contributed by atoms with Gasteiger partial charge in [-0.15, -0.1) is 0 Å². The number of carbonyl (C=O) groups is 1. The molecule has 2 N–H and O–H groups in total. The largest absolute Gasteiger partial charge is 0.340 e. The Morgan fingerprint density at radius 2 is 1.89 bits per heavy atom. The quantitative estimate of drug-likeness (QED) is 0.888. The van der Waals surface area contributed by atoms with Gasteiger partial charge in [0.1, 0.15) is 0 Å². The predicted octanol–water partition coefficient (Wildman–Crippen LogP) is 1.16. The molecule has 4 heteroatoms. The normalized spacial score (nSPS) is 18.4. The molecule has 1 aromatic rings. The summed E-state index contributed by atoms with van der Waals surface area (Å²) in [6.45, 7) is 8.05. The minimum atomic E-state index is 0.0464. The first-order chi connectivity index (χ1) is 9.08. The van der Waals surface area contributed by atoms with Crippen molar-refractivity contribution >= 4 is 5.91 Å². The molecular weight excluding hydrogens is 238 g/mol. The summed E-state index contributed by atoms with van der Waals surface area (Å²) in [4.78, 5) is 15.5. The lowest BCUT2D eigenvalue weighted by atomic mass is 10.0. The van der Waals surface area contributed by atoms with Crippen LogP contribution in [0.3, 0.4) is 0 Å². The lowest BCUT2D eigenvalue weighted by Crippen LogP contribution is -2.49. The summed E-state index contributed by atoms with van der Waals surface area (Å²) in [6, 6.07) is 8.33. The standard InChI is InChI=1S/C15H23N3O/c1-12-5-3-4-6-14(12)15(16)11-17-7-9-18(10-8-17)13(2)19/h3-6,15H,7-11,16H2,1-2H3. The Kier molecular flexibility index (Phi) is 4.56. The second-order valence-electron chi connectivity index (χ2n) is 5.27. The Morgan fingerprint density at radius 1 is 1.26 bits per heavy atom. The maximum atomic E-state index is 11.3. The van der Waals surface area contributed by atoms with Gasteiger partial charge in [-0.2, -0.15) is 0 Å². The second-order valence-corrected chi connectivity index (χ2v) is 5.27. The van der Waals surface area contributed by atoms with Crippen LogP contribution in [-0.2, 0) is 4.79 Å². The van der Waals surface area contributed by atoms with Crippen LogP contribution in [-0.4, -0.2) is 48.4 Å². The fraction of sp³-hybridized carbons (Fsp3) is 0.533. The average Bonchev–Trinajstić information content (AvgIpc) is 2.39. The van der Waals surface area contributed by atoms with E-state index >= 15 is 0 Å². The number of carbonyl (C=O) groups excluding carboxylic acids is 1. The number of hydrogen-bond acceptors (Lipinski definition) is 3. The molecule has 0 saturated carbocycles. The fourth-order valence-electron chi connectivity index (χ4n) is 2.62. The Balaban J connectivity index is 1.89. The molecule has 0 aliphatic carbocycles. The van der Waals surface area contributed by atoms with Gasteiger partial charge in [-0.05, 0) is 18.1 Å². The molecule has 1 aliphatic rings. The second kappa shape index (κ2) is 6.17. The summed E-state index contributed by atoms with van der Waals surface area (Å²) in [5.74, 6) is 0.169. The van der Waals surface area contributed by atoms with E-state index in [0.29, 0.717) is 0 Å². The molecule has 1 fully saturated rings. The third-order valence-corrected chi connectivity index (χ3v) is 3.86. The molecule has 1 saturated heterocycles. The van der Waals surface area contributed by atoms with Gasteiger partial charge in [0, 0.05) is 45.7 Å². The third kappa shape index (κ3) is 3.55.